The van der Waals surface area contributed by atoms with E-state index in [1.54, 1.807) is 0 Å². The molecule has 1 heterocycles. The standard InChI is InChI=1S/C18H30N2O3/c1-3-13(10-19-17(22)23-2)16(21)20-11-18(12-20)8-7-15(9-18)14-5-4-6-14/h13-15H,3-12H2,1-2H3,(H,19,22)/t13-,15?/m1/s1. The van der Waals surface area contributed by atoms with Gasteiger partial charge in [-0.2, -0.15) is 0 Å². The molecular weight excluding hydrogens is 292 g/mol. The summed E-state index contributed by atoms with van der Waals surface area (Å²) in [7, 11) is 1.34. The van der Waals surface area contributed by atoms with E-state index in [-0.39, 0.29) is 11.8 Å². The van der Waals surface area contributed by atoms with E-state index in [9.17, 15) is 9.59 Å². The second-order valence-corrected chi connectivity index (χ2v) is 7.87. The van der Waals surface area contributed by atoms with Gasteiger partial charge in [0.1, 0.15) is 0 Å². The molecule has 0 aromatic heterocycles. The lowest BCUT2D eigenvalue weighted by atomic mass is 9.71. The molecule has 1 N–H and O–H groups in total. The minimum absolute atomic E-state index is 0.129. The summed E-state index contributed by atoms with van der Waals surface area (Å²) in [6.07, 6.45) is 8.57. The number of hydrogen-bond acceptors (Lipinski definition) is 3. The maximum absolute atomic E-state index is 12.6. The van der Waals surface area contributed by atoms with Crippen molar-refractivity contribution in [3.05, 3.63) is 0 Å². The third-order valence-electron chi connectivity index (χ3n) is 6.44. The van der Waals surface area contributed by atoms with Crippen LogP contribution in [-0.2, 0) is 9.53 Å². The molecule has 3 fully saturated rings. The van der Waals surface area contributed by atoms with Gasteiger partial charge in [0, 0.05) is 25.0 Å². The van der Waals surface area contributed by atoms with E-state index in [0.717, 1.165) is 31.3 Å². The largest absolute Gasteiger partial charge is 0.453 e. The van der Waals surface area contributed by atoms with Gasteiger partial charge in [0.15, 0.2) is 0 Å². The van der Waals surface area contributed by atoms with E-state index < -0.39 is 6.09 Å². The number of likely N-dealkylation sites (tertiary alicyclic amines) is 1. The second kappa shape index (κ2) is 6.70. The molecule has 0 aromatic carbocycles. The fourth-order valence-electron chi connectivity index (χ4n) is 4.72. The average Bonchev–Trinajstić information content (AvgIpc) is 2.89. The highest BCUT2D eigenvalue weighted by Crippen LogP contribution is 2.53. The van der Waals surface area contributed by atoms with E-state index >= 15 is 0 Å². The Balaban J connectivity index is 1.46. The zero-order valence-corrected chi connectivity index (χ0v) is 14.5. The first kappa shape index (κ1) is 16.6. The van der Waals surface area contributed by atoms with Gasteiger partial charge in [-0.1, -0.05) is 26.2 Å². The Hall–Kier alpha value is -1.26. The molecule has 0 radical (unpaired) electrons. The van der Waals surface area contributed by atoms with Crippen molar-refractivity contribution in [2.45, 2.75) is 51.9 Å². The molecule has 0 bridgehead atoms. The third-order valence-corrected chi connectivity index (χ3v) is 6.44. The van der Waals surface area contributed by atoms with E-state index in [0.29, 0.717) is 12.0 Å². The minimum Gasteiger partial charge on any atom is -0.453 e. The molecule has 5 nitrogen and oxygen atoms in total. The Bertz CT molecular complexity index is 455. The maximum atomic E-state index is 12.6. The Labute approximate surface area is 139 Å². The van der Waals surface area contributed by atoms with Crippen molar-refractivity contribution < 1.29 is 14.3 Å². The number of methoxy groups -OCH3 is 1. The van der Waals surface area contributed by atoms with E-state index in [2.05, 4.69) is 10.1 Å². The van der Waals surface area contributed by atoms with Crippen molar-refractivity contribution in [2.24, 2.45) is 23.2 Å². The van der Waals surface area contributed by atoms with Crippen molar-refractivity contribution in [1.82, 2.24) is 10.2 Å². The highest BCUT2D eigenvalue weighted by atomic mass is 16.5. The van der Waals surface area contributed by atoms with E-state index in [1.807, 2.05) is 11.8 Å². The Morgan fingerprint density at radius 3 is 2.57 bits per heavy atom. The van der Waals surface area contributed by atoms with Gasteiger partial charge in [-0.05, 0) is 37.5 Å². The third kappa shape index (κ3) is 3.33. The van der Waals surface area contributed by atoms with Gasteiger partial charge < -0.3 is 15.0 Å². The molecule has 2 atom stereocenters. The van der Waals surface area contributed by atoms with Gasteiger partial charge in [-0.15, -0.1) is 0 Å². The summed E-state index contributed by atoms with van der Waals surface area (Å²) in [5.41, 5.74) is 0.421. The molecule has 1 spiro atoms. The first-order valence-corrected chi connectivity index (χ1v) is 9.17. The molecule has 130 valence electrons. The van der Waals surface area contributed by atoms with E-state index in [1.165, 1.54) is 45.6 Å². The zero-order valence-electron chi connectivity index (χ0n) is 14.5. The van der Waals surface area contributed by atoms with Gasteiger partial charge in [0.25, 0.3) is 0 Å². The number of ether oxygens (including phenoxy) is 1. The number of nitrogens with one attached hydrogen (secondary N) is 1. The number of rotatable bonds is 5. The SMILES string of the molecule is CC[C@H](CNC(=O)OC)C(=O)N1CC2(CCC(C3CCC3)C2)C1. The number of hydrogen-bond donors (Lipinski definition) is 1. The number of nitrogens with zero attached hydrogens (tertiary/aromatic N) is 1. The number of carbonyl (C=O) groups excluding carboxylic acids is 2. The van der Waals surface area contributed by atoms with Crippen LogP contribution in [0.2, 0.25) is 0 Å². The smallest absolute Gasteiger partial charge is 0.406 e. The maximum Gasteiger partial charge on any atom is 0.406 e. The van der Waals surface area contributed by atoms with Crippen LogP contribution in [0, 0.1) is 23.2 Å². The van der Waals surface area contributed by atoms with Crippen LogP contribution < -0.4 is 5.32 Å². The molecule has 5 heteroatoms. The monoisotopic (exact) mass is 322 g/mol. The summed E-state index contributed by atoms with van der Waals surface area (Å²) < 4.78 is 4.58. The molecule has 1 aliphatic heterocycles. The summed E-state index contributed by atoms with van der Waals surface area (Å²) in [4.78, 5) is 25.8. The van der Waals surface area contributed by atoms with Crippen molar-refractivity contribution >= 4 is 12.0 Å². The minimum atomic E-state index is -0.463. The van der Waals surface area contributed by atoms with Crippen molar-refractivity contribution in [1.29, 1.82) is 0 Å². The Kier molecular flexibility index (Phi) is 4.83. The van der Waals surface area contributed by atoms with Crippen LogP contribution in [-0.4, -0.2) is 43.6 Å². The Morgan fingerprint density at radius 2 is 2.00 bits per heavy atom. The van der Waals surface area contributed by atoms with Gasteiger partial charge in [-0.25, -0.2) is 4.79 Å². The second-order valence-electron chi connectivity index (χ2n) is 7.87. The molecule has 3 aliphatic rings. The quantitative estimate of drug-likeness (QED) is 0.847. The lowest BCUT2D eigenvalue weighted by Crippen LogP contribution is -2.59. The summed E-state index contributed by atoms with van der Waals surface area (Å²) in [5.74, 6) is 1.97. The molecular formula is C18H30N2O3. The molecule has 2 saturated carbocycles. The summed E-state index contributed by atoms with van der Waals surface area (Å²) in [6, 6.07) is 0. The normalized spacial score (nSPS) is 27.2. The fourth-order valence-corrected chi connectivity index (χ4v) is 4.72. The van der Waals surface area contributed by atoms with Gasteiger partial charge in [0.05, 0.1) is 13.0 Å². The number of amides is 2. The van der Waals surface area contributed by atoms with Crippen LogP contribution in [0.25, 0.3) is 0 Å². The van der Waals surface area contributed by atoms with Crippen molar-refractivity contribution in [3.63, 3.8) is 0 Å². The number of alkyl carbamates (subject to hydrolysis) is 1. The molecule has 2 amide bonds. The summed E-state index contributed by atoms with van der Waals surface area (Å²) in [6.45, 7) is 4.24. The lowest BCUT2D eigenvalue weighted by Gasteiger charge is -2.50. The fraction of sp³-hybridized carbons (Fsp3) is 0.889. The van der Waals surface area contributed by atoms with Gasteiger partial charge in [0.2, 0.25) is 5.91 Å². The first-order valence-electron chi connectivity index (χ1n) is 9.17. The predicted octanol–water partition coefficient (Wildman–Crippen LogP) is 2.80. The van der Waals surface area contributed by atoms with Crippen LogP contribution in [0.15, 0.2) is 0 Å². The lowest BCUT2D eigenvalue weighted by molar-refractivity contribution is -0.147. The summed E-state index contributed by atoms with van der Waals surface area (Å²) in [5, 5.41) is 2.66. The predicted molar refractivity (Wildman–Crippen MR) is 87.9 cm³/mol. The molecule has 3 rings (SSSR count). The Morgan fingerprint density at radius 1 is 1.26 bits per heavy atom. The molecule has 0 aromatic rings. The first-order chi connectivity index (χ1) is 11.1. The van der Waals surface area contributed by atoms with Crippen LogP contribution in [0.3, 0.4) is 0 Å². The highest BCUT2D eigenvalue weighted by molar-refractivity contribution is 5.80. The molecule has 1 unspecified atom stereocenters. The van der Waals surface area contributed by atoms with Crippen LogP contribution >= 0.6 is 0 Å². The van der Waals surface area contributed by atoms with Gasteiger partial charge in [-0.3, -0.25) is 4.79 Å². The molecule has 23 heavy (non-hydrogen) atoms. The summed E-state index contributed by atoms with van der Waals surface area (Å²) >= 11 is 0. The number of carbonyl (C=O) groups is 2. The van der Waals surface area contributed by atoms with Crippen molar-refractivity contribution in [2.75, 3.05) is 26.7 Å². The topological polar surface area (TPSA) is 58.6 Å². The van der Waals surface area contributed by atoms with Gasteiger partial charge >= 0.3 is 6.09 Å². The van der Waals surface area contributed by atoms with E-state index in [4.69, 9.17) is 0 Å². The van der Waals surface area contributed by atoms with Crippen LogP contribution in [0.4, 0.5) is 4.79 Å². The zero-order chi connectivity index (χ0) is 16.4. The van der Waals surface area contributed by atoms with Crippen LogP contribution in [0.1, 0.15) is 51.9 Å². The van der Waals surface area contributed by atoms with Crippen LogP contribution in [0.5, 0.6) is 0 Å². The van der Waals surface area contributed by atoms with Crippen molar-refractivity contribution in [3.8, 4) is 0 Å². The highest BCUT2D eigenvalue weighted by Gasteiger charge is 2.51. The molecule has 1 saturated heterocycles. The average molecular weight is 322 g/mol. The molecule has 2 aliphatic carbocycles.